The number of sulfonamides is 1. The summed E-state index contributed by atoms with van der Waals surface area (Å²) in [7, 11) is -2.03. The minimum Gasteiger partial charge on any atom is -0.487 e. The fourth-order valence-electron chi connectivity index (χ4n) is 3.40. The van der Waals surface area contributed by atoms with Crippen LogP contribution in [0, 0.1) is 6.92 Å². The van der Waals surface area contributed by atoms with Crippen molar-refractivity contribution in [2.75, 3.05) is 17.6 Å². The lowest BCUT2D eigenvalue weighted by Crippen LogP contribution is -2.41. The second-order valence-electron chi connectivity index (χ2n) is 8.03. The fourth-order valence-corrected chi connectivity index (χ4v) is 4.10. The predicted molar refractivity (Wildman–Crippen MR) is 115 cm³/mol. The van der Waals surface area contributed by atoms with E-state index in [-0.39, 0.29) is 22.5 Å². The van der Waals surface area contributed by atoms with Crippen molar-refractivity contribution < 1.29 is 17.9 Å². The largest absolute Gasteiger partial charge is 0.487 e. The van der Waals surface area contributed by atoms with Gasteiger partial charge in [-0.3, -0.25) is 9.10 Å². The summed E-state index contributed by atoms with van der Waals surface area (Å²) in [6, 6.07) is 10.2. The van der Waals surface area contributed by atoms with E-state index in [2.05, 4.69) is 5.32 Å². The number of rotatable bonds is 4. The van der Waals surface area contributed by atoms with E-state index >= 15 is 0 Å². The Labute approximate surface area is 176 Å². The Balaban J connectivity index is 1.93. The molecule has 0 saturated carbocycles. The van der Waals surface area contributed by atoms with Gasteiger partial charge in [-0.2, -0.15) is 0 Å². The van der Waals surface area contributed by atoms with Crippen LogP contribution in [0.4, 0.5) is 5.69 Å². The van der Waals surface area contributed by atoms with Crippen molar-refractivity contribution in [2.45, 2.75) is 38.8 Å². The zero-order valence-corrected chi connectivity index (χ0v) is 18.7. The molecule has 0 fully saturated rings. The fraction of sp³-hybridized carbons (Fsp3) is 0.381. The van der Waals surface area contributed by atoms with E-state index in [4.69, 9.17) is 16.3 Å². The third-order valence-electron chi connectivity index (χ3n) is 4.99. The van der Waals surface area contributed by atoms with Gasteiger partial charge in [0.25, 0.3) is 5.91 Å². The van der Waals surface area contributed by atoms with Gasteiger partial charge in [-0.1, -0.05) is 23.7 Å². The van der Waals surface area contributed by atoms with Gasteiger partial charge in [0.05, 0.1) is 28.6 Å². The van der Waals surface area contributed by atoms with Gasteiger partial charge in [0.15, 0.2) is 0 Å². The average molecular weight is 437 g/mol. The molecule has 0 aliphatic carbocycles. The lowest BCUT2D eigenvalue weighted by Gasteiger charge is -2.38. The van der Waals surface area contributed by atoms with E-state index in [1.807, 2.05) is 39.0 Å². The molecule has 8 heteroatoms. The molecule has 6 nitrogen and oxygen atoms in total. The highest BCUT2D eigenvalue weighted by Crippen LogP contribution is 2.40. The van der Waals surface area contributed by atoms with Crippen molar-refractivity contribution in [1.29, 1.82) is 0 Å². The average Bonchev–Trinajstić information content (AvgIpc) is 2.59. The molecule has 1 amide bonds. The Morgan fingerprint density at radius 1 is 1.24 bits per heavy atom. The van der Waals surface area contributed by atoms with Crippen LogP contribution in [0.2, 0.25) is 5.02 Å². The minimum atomic E-state index is -3.46. The molecule has 0 radical (unpaired) electrons. The van der Waals surface area contributed by atoms with Crippen LogP contribution < -0.4 is 14.4 Å². The van der Waals surface area contributed by atoms with E-state index in [1.54, 1.807) is 6.07 Å². The molecule has 29 heavy (non-hydrogen) atoms. The molecular formula is C21H25ClN2O4S. The Kier molecular flexibility index (Phi) is 5.58. The van der Waals surface area contributed by atoms with Crippen LogP contribution >= 0.6 is 11.6 Å². The lowest BCUT2D eigenvalue weighted by molar-refractivity contribution is 0.0619. The molecule has 0 bridgehead atoms. The van der Waals surface area contributed by atoms with Crippen LogP contribution in [-0.2, 0) is 10.0 Å². The lowest BCUT2D eigenvalue weighted by atomic mass is 9.89. The van der Waals surface area contributed by atoms with Gasteiger partial charge in [-0.25, -0.2) is 8.42 Å². The minimum absolute atomic E-state index is 0.220. The van der Waals surface area contributed by atoms with Gasteiger partial charge < -0.3 is 10.1 Å². The summed E-state index contributed by atoms with van der Waals surface area (Å²) in [5, 5.41) is 3.29. The number of benzene rings is 2. The standard InChI is InChI=1S/C21H25ClN2O4S/c1-13-6-8-15-18(12-21(2,3)28-19(15)10-13)23-20(25)16-11-14(7-9-17(16)22)24(4)29(5,26)27/h6-11,18H,12H2,1-5H3,(H,23,25). The van der Waals surface area contributed by atoms with Crippen molar-refractivity contribution in [3.8, 4) is 5.75 Å². The van der Waals surface area contributed by atoms with Gasteiger partial charge in [-0.05, 0) is 50.6 Å². The Bertz CT molecular complexity index is 1070. The van der Waals surface area contributed by atoms with Crippen LogP contribution in [0.25, 0.3) is 0 Å². The first-order valence-electron chi connectivity index (χ1n) is 9.21. The molecule has 1 heterocycles. The third kappa shape index (κ3) is 4.67. The highest BCUT2D eigenvalue weighted by atomic mass is 35.5. The van der Waals surface area contributed by atoms with Crippen LogP contribution in [0.15, 0.2) is 36.4 Å². The number of hydrogen-bond donors (Lipinski definition) is 1. The molecule has 2 aromatic rings. The smallest absolute Gasteiger partial charge is 0.253 e. The number of halogens is 1. The van der Waals surface area contributed by atoms with E-state index in [0.29, 0.717) is 12.1 Å². The molecule has 0 spiro atoms. The van der Waals surface area contributed by atoms with Crippen LogP contribution in [0.1, 0.15) is 47.8 Å². The molecular weight excluding hydrogens is 412 g/mol. The number of anilines is 1. The highest BCUT2D eigenvalue weighted by molar-refractivity contribution is 7.92. The summed E-state index contributed by atoms with van der Waals surface area (Å²) >= 11 is 6.25. The normalized spacial score (nSPS) is 17.8. The molecule has 1 atom stereocenters. The SMILES string of the molecule is Cc1ccc2c(c1)OC(C)(C)CC2NC(=O)c1cc(N(C)S(C)(=O)=O)ccc1Cl. The van der Waals surface area contributed by atoms with E-state index < -0.39 is 15.6 Å². The van der Waals surface area contributed by atoms with Crippen LogP contribution in [0.5, 0.6) is 5.75 Å². The molecule has 1 unspecified atom stereocenters. The van der Waals surface area contributed by atoms with E-state index in [0.717, 1.165) is 27.4 Å². The number of ether oxygens (including phenoxy) is 1. The zero-order valence-electron chi connectivity index (χ0n) is 17.1. The summed E-state index contributed by atoms with van der Waals surface area (Å²) in [5.74, 6) is 0.385. The number of nitrogens with zero attached hydrogens (tertiary/aromatic N) is 1. The predicted octanol–water partition coefficient (Wildman–Crippen LogP) is 4.08. The molecule has 1 aliphatic rings. The maximum atomic E-state index is 13.0. The van der Waals surface area contributed by atoms with Gasteiger partial charge in [0.2, 0.25) is 10.0 Å². The molecule has 0 aromatic heterocycles. The maximum Gasteiger partial charge on any atom is 0.253 e. The van der Waals surface area contributed by atoms with Gasteiger partial charge in [-0.15, -0.1) is 0 Å². The molecule has 2 aromatic carbocycles. The van der Waals surface area contributed by atoms with Crippen molar-refractivity contribution in [3.63, 3.8) is 0 Å². The van der Waals surface area contributed by atoms with Gasteiger partial charge >= 0.3 is 0 Å². The first-order valence-corrected chi connectivity index (χ1v) is 11.4. The van der Waals surface area contributed by atoms with Crippen molar-refractivity contribution >= 4 is 33.2 Å². The van der Waals surface area contributed by atoms with E-state index in [1.165, 1.54) is 19.2 Å². The van der Waals surface area contributed by atoms with Gasteiger partial charge in [0.1, 0.15) is 11.4 Å². The Hall–Kier alpha value is -2.25. The highest BCUT2D eigenvalue weighted by Gasteiger charge is 2.35. The summed E-state index contributed by atoms with van der Waals surface area (Å²) in [4.78, 5) is 13.0. The van der Waals surface area contributed by atoms with Crippen LogP contribution in [0.3, 0.4) is 0 Å². The summed E-state index contributed by atoms with van der Waals surface area (Å²) in [5.41, 5.74) is 2.12. The number of carbonyl (C=O) groups excluding carboxylic acids is 1. The monoisotopic (exact) mass is 436 g/mol. The first-order chi connectivity index (χ1) is 13.4. The number of amides is 1. The topological polar surface area (TPSA) is 75.7 Å². The molecule has 0 saturated heterocycles. The third-order valence-corrected chi connectivity index (χ3v) is 6.52. The Morgan fingerprint density at radius 3 is 2.59 bits per heavy atom. The summed E-state index contributed by atoms with van der Waals surface area (Å²) in [6.07, 6.45) is 1.69. The number of nitrogens with one attached hydrogen (secondary N) is 1. The number of aryl methyl sites for hydroxylation is 1. The maximum absolute atomic E-state index is 13.0. The van der Waals surface area contributed by atoms with Crippen molar-refractivity contribution in [1.82, 2.24) is 5.32 Å². The number of carbonyl (C=O) groups is 1. The number of fused-ring (bicyclic) bond motifs is 1. The second kappa shape index (κ2) is 7.54. The zero-order chi connectivity index (χ0) is 21.6. The van der Waals surface area contributed by atoms with Crippen molar-refractivity contribution in [2.24, 2.45) is 0 Å². The number of hydrogen-bond acceptors (Lipinski definition) is 4. The van der Waals surface area contributed by atoms with E-state index in [9.17, 15) is 13.2 Å². The second-order valence-corrected chi connectivity index (χ2v) is 10.4. The quantitative estimate of drug-likeness (QED) is 0.783. The molecule has 1 aliphatic heterocycles. The Morgan fingerprint density at radius 2 is 1.93 bits per heavy atom. The summed E-state index contributed by atoms with van der Waals surface area (Å²) < 4.78 is 30.8. The summed E-state index contributed by atoms with van der Waals surface area (Å²) in [6.45, 7) is 5.95. The van der Waals surface area contributed by atoms with Crippen molar-refractivity contribution in [3.05, 3.63) is 58.1 Å². The van der Waals surface area contributed by atoms with Gasteiger partial charge in [0, 0.05) is 19.0 Å². The molecule has 1 N–H and O–H groups in total. The van der Waals surface area contributed by atoms with Crippen LogP contribution in [-0.4, -0.2) is 33.2 Å². The first kappa shape index (κ1) is 21.5. The molecule has 156 valence electrons. The molecule has 3 rings (SSSR count).